The molecule has 1 unspecified atom stereocenters. The smallest absolute Gasteiger partial charge is 0.319 e. The summed E-state index contributed by atoms with van der Waals surface area (Å²) in [7, 11) is 0. The Hall–Kier alpha value is -2.41. The standard InChI is InChI=1S/C18H21N5OS/c1-3-23-15-8-14(7-6-13(15)9-19-23)21-18(24)22-16(12-4-5-12)17-20-11(2)10-25-17/h6-10,12,16H,3-5H2,1-2H3,(H2,21,22,24). The Morgan fingerprint density at radius 1 is 1.44 bits per heavy atom. The average Bonchev–Trinajstić information content (AvgIpc) is 3.22. The first-order chi connectivity index (χ1) is 12.1. The molecule has 0 radical (unpaired) electrons. The van der Waals surface area contributed by atoms with E-state index >= 15 is 0 Å². The van der Waals surface area contributed by atoms with Gasteiger partial charge in [-0.05, 0) is 50.8 Å². The molecule has 0 aliphatic heterocycles. The third kappa shape index (κ3) is 3.37. The fourth-order valence-electron chi connectivity index (χ4n) is 3.03. The molecule has 0 bridgehead atoms. The summed E-state index contributed by atoms with van der Waals surface area (Å²) >= 11 is 1.62. The maximum atomic E-state index is 12.5. The van der Waals surface area contributed by atoms with Crippen LogP contribution in [0, 0.1) is 12.8 Å². The van der Waals surface area contributed by atoms with Crippen LogP contribution in [0.2, 0.25) is 0 Å². The SMILES string of the molecule is CCn1ncc2ccc(NC(=O)NC(c3nc(C)cs3)C3CC3)cc21. The molecular formula is C18H21N5OS. The number of rotatable bonds is 5. The number of hydrogen-bond donors (Lipinski definition) is 2. The van der Waals surface area contributed by atoms with E-state index < -0.39 is 0 Å². The monoisotopic (exact) mass is 355 g/mol. The number of benzene rings is 1. The van der Waals surface area contributed by atoms with Crippen molar-refractivity contribution in [3.63, 3.8) is 0 Å². The molecule has 0 spiro atoms. The first kappa shape index (κ1) is 16.1. The van der Waals surface area contributed by atoms with E-state index in [4.69, 9.17) is 0 Å². The van der Waals surface area contributed by atoms with Gasteiger partial charge in [-0.2, -0.15) is 5.10 Å². The zero-order valence-electron chi connectivity index (χ0n) is 14.3. The summed E-state index contributed by atoms with van der Waals surface area (Å²) in [4.78, 5) is 17.0. The summed E-state index contributed by atoms with van der Waals surface area (Å²) in [5, 5.41) is 14.5. The van der Waals surface area contributed by atoms with Gasteiger partial charge >= 0.3 is 6.03 Å². The van der Waals surface area contributed by atoms with Crippen molar-refractivity contribution < 1.29 is 4.79 Å². The Morgan fingerprint density at radius 3 is 2.96 bits per heavy atom. The highest BCUT2D eigenvalue weighted by atomic mass is 32.1. The van der Waals surface area contributed by atoms with Crippen molar-refractivity contribution >= 4 is 34.0 Å². The molecule has 1 atom stereocenters. The molecule has 7 heteroatoms. The van der Waals surface area contributed by atoms with E-state index in [0.29, 0.717) is 5.92 Å². The number of nitrogens with zero attached hydrogens (tertiary/aromatic N) is 3. The highest BCUT2D eigenvalue weighted by molar-refractivity contribution is 7.09. The zero-order valence-corrected chi connectivity index (χ0v) is 15.1. The van der Waals surface area contributed by atoms with Crippen LogP contribution in [0.5, 0.6) is 0 Å². The first-order valence-corrected chi connectivity index (χ1v) is 9.47. The Labute approximate surface area is 150 Å². The molecule has 2 amide bonds. The minimum absolute atomic E-state index is 0.00333. The molecule has 1 aromatic carbocycles. The molecule has 4 rings (SSSR count). The lowest BCUT2D eigenvalue weighted by Gasteiger charge is -2.16. The largest absolute Gasteiger partial charge is 0.328 e. The predicted octanol–water partition coefficient (Wildman–Crippen LogP) is 4.09. The van der Waals surface area contributed by atoms with E-state index in [-0.39, 0.29) is 12.1 Å². The fourth-order valence-corrected chi connectivity index (χ4v) is 3.97. The molecule has 1 aliphatic rings. The van der Waals surface area contributed by atoms with Crippen molar-refractivity contribution in [1.29, 1.82) is 0 Å². The molecule has 2 heterocycles. The molecule has 1 saturated carbocycles. The number of aryl methyl sites for hydroxylation is 2. The fraction of sp³-hybridized carbons (Fsp3) is 0.389. The molecule has 1 aliphatic carbocycles. The highest BCUT2D eigenvalue weighted by Gasteiger charge is 2.35. The second-order valence-corrected chi connectivity index (χ2v) is 7.36. The lowest BCUT2D eigenvalue weighted by molar-refractivity contribution is 0.247. The predicted molar refractivity (Wildman–Crippen MR) is 99.9 cm³/mol. The maximum Gasteiger partial charge on any atom is 0.319 e. The molecule has 130 valence electrons. The summed E-state index contributed by atoms with van der Waals surface area (Å²) < 4.78 is 1.92. The molecular weight excluding hydrogens is 334 g/mol. The van der Waals surface area contributed by atoms with Crippen molar-refractivity contribution in [2.75, 3.05) is 5.32 Å². The summed E-state index contributed by atoms with van der Waals surface area (Å²) in [6.07, 6.45) is 4.13. The van der Waals surface area contributed by atoms with Crippen LogP contribution in [0.15, 0.2) is 29.8 Å². The van der Waals surface area contributed by atoms with Crippen LogP contribution in [-0.2, 0) is 6.54 Å². The second-order valence-electron chi connectivity index (χ2n) is 6.47. The number of carbonyl (C=O) groups excluding carboxylic acids is 1. The van der Waals surface area contributed by atoms with Crippen LogP contribution >= 0.6 is 11.3 Å². The van der Waals surface area contributed by atoms with Gasteiger partial charge in [0.2, 0.25) is 0 Å². The summed E-state index contributed by atoms with van der Waals surface area (Å²) in [5.41, 5.74) is 2.80. The number of anilines is 1. The Morgan fingerprint density at radius 2 is 2.28 bits per heavy atom. The van der Waals surface area contributed by atoms with E-state index in [1.54, 1.807) is 11.3 Å². The molecule has 2 aromatic heterocycles. The van der Waals surface area contributed by atoms with Crippen molar-refractivity contribution in [3.8, 4) is 0 Å². The van der Waals surface area contributed by atoms with Crippen molar-refractivity contribution in [2.24, 2.45) is 5.92 Å². The highest BCUT2D eigenvalue weighted by Crippen LogP contribution is 2.41. The van der Waals surface area contributed by atoms with E-state index in [0.717, 1.165) is 46.7 Å². The van der Waals surface area contributed by atoms with Crippen LogP contribution in [0.3, 0.4) is 0 Å². The van der Waals surface area contributed by atoms with Crippen LogP contribution in [-0.4, -0.2) is 20.8 Å². The minimum atomic E-state index is -0.188. The third-order valence-corrected chi connectivity index (χ3v) is 5.53. The van der Waals surface area contributed by atoms with Crippen molar-refractivity contribution in [3.05, 3.63) is 40.5 Å². The van der Waals surface area contributed by atoms with Gasteiger partial charge in [-0.1, -0.05) is 0 Å². The van der Waals surface area contributed by atoms with E-state index in [1.807, 2.05) is 41.4 Å². The van der Waals surface area contributed by atoms with Gasteiger partial charge in [0, 0.05) is 28.7 Å². The Kier molecular flexibility index (Phi) is 4.17. The van der Waals surface area contributed by atoms with Gasteiger partial charge in [0.15, 0.2) is 0 Å². The van der Waals surface area contributed by atoms with Crippen LogP contribution in [0.4, 0.5) is 10.5 Å². The number of urea groups is 1. The van der Waals surface area contributed by atoms with Crippen LogP contribution in [0.25, 0.3) is 10.9 Å². The normalized spacial score (nSPS) is 15.3. The van der Waals surface area contributed by atoms with Gasteiger partial charge in [-0.15, -0.1) is 11.3 Å². The summed E-state index contributed by atoms with van der Waals surface area (Å²) in [6.45, 7) is 4.83. The number of carbonyl (C=O) groups is 1. The van der Waals surface area contributed by atoms with Crippen LogP contribution in [0.1, 0.15) is 36.5 Å². The number of nitrogens with one attached hydrogen (secondary N) is 2. The number of thiazole rings is 1. The average molecular weight is 355 g/mol. The van der Waals surface area contributed by atoms with Gasteiger partial charge in [-0.25, -0.2) is 9.78 Å². The lowest BCUT2D eigenvalue weighted by Crippen LogP contribution is -2.33. The van der Waals surface area contributed by atoms with Gasteiger partial charge in [-0.3, -0.25) is 4.68 Å². The van der Waals surface area contributed by atoms with E-state index in [1.165, 1.54) is 0 Å². The van der Waals surface area contributed by atoms with Crippen LogP contribution < -0.4 is 10.6 Å². The van der Waals surface area contributed by atoms with E-state index in [2.05, 4.69) is 27.6 Å². The zero-order chi connectivity index (χ0) is 17.4. The van der Waals surface area contributed by atoms with Gasteiger partial charge in [0.05, 0.1) is 17.8 Å². The maximum absolute atomic E-state index is 12.5. The minimum Gasteiger partial charge on any atom is -0.328 e. The van der Waals surface area contributed by atoms with Gasteiger partial charge < -0.3 is 10.6 Å². The molecule has 25 heavy (non-hydrogen) atoms. The first-order valence-electron chi connectivity index (χ1n) is 8.59. The quantitative estimate of drug-likeness (QED) is 0.724. The summed E-state index contributed by atoms with van der Waals surface area (Å²) in [6, 6.07) is 5.66. The van der Waals surface area contributed by atoms with Gasteiger partial charge in [0.1, 0.15) is 5.01 Å². The number of hydrogen-bond acceptors (Lipinski definition) is 4. The molecule has 3 aromatic rings. The Balaban J connectivity index is 1.49. The summed E-state index contributed by atoms with van der Waals surface area (Å²) in [5.74, 6) is 0.500. The molecule has 0 saturated heterocycles. The number of fused-ring (bicyclic) bond motifs is 1. The van der Waals surface area contributed by atoms with Crippen molar-refractivity contribution in [2.45, 2.75) is 39.3 Å². The number of aromatic nitrogens is 3. The molecule has 1 fully saturated rings. The van der Waals surface area contributed by atoms with Gasteiger partial charge in [0.25, 0.3) is 0 Å². The molecule has 2 N–H and O–H groups in total. The second kappa shape index (κ2) is 6.48. The Bertz CT molecular complexity index is 911. The number of amides is 2. The molecule has 6 nitrogen and oxygen atoms in total. The topological polar surface area (TPSA) is 71.8 Å². The van der Waals surface area contributed by atoms with Crippen molar-refractivity contribution in [1.82, 2.24) is 20.1 Å². The van der Waals surface area contributed by atoms with E-state index in [9.17, 15) is 4.79 Å². The lowest BCUT2D eigenvalue weighted by atomic mass is 10.2. The third-order valence-electron chi connectivity index (χ3n) is 4.48.